The van der Waals surface area contributed by atoms with Crippen molar-refractivity contribution in [3.63, 3.8) is 0 Å². The van der Waals surface area contributed by atoms with E-state index in [1.165, 1.54) is 0 Å². The van der Waals surface area contributed by atoms with Crippen molar-refractivity contribution in [2.45, 2.75) is 81.9 Å². The van der Waals surface area contributed by atoms with Crippen LogP contribution in [-0.2, 0) is 19.1 Å². The number of aliphatic carboxylic acids is 1. The highest BCUT2D eigenvalue weighted by Gasteiger charge is 2.48. The van der Waals surface area contributed by atoms with Crippen LogP contribution in [0.4, 0.5) is 4.79 Å². The van der Waals surface area contributed by atoms with Gasteiger partial charge in [-0.3, -0.25) is 4.79 Å². The number of carbonyl (C=O) groups excluding carboxylic acids is 1. The third kappa shape index (κ3) is 5.43. The molecule has 2 heterocycles. The number of amides is 2. The number of hydrogen-bond donors (Lipinski definition) is 5. The van der Waals surface area contributed by atoms with Crippen LogP contribution in [0.3, 0.4) is 0 Å². The van der Waals surface area contributed by atoms with Crippen LogP contribution < -0.4 is 0 Å². The molecule has 2 aliphatic rings. The third-order valence-electron chi connectivity index (χ3n) is 4.73. The molecule has 0 bridgehead atoms. The van der Waals surface area contributed by atoms with Gasteiger partial charge in [0.25, 0.3) is 0 Å². The van der Waals surface area contributed by atoms with Crippen LogP contribution in [0, 0.1) is 11.8 Å². The van der Waals surface area contributed by atoms with Gasteiger partial charge in [-0.25, -0.2) is 14.5 Å². The van der Waals surface area contributed by atoms with Crippen LogP contribution in [0.1, 0.15) is 39.0 Å². The Bertz CT molecular complexity index is 686. The van der Waals surface area contributed by atoms with E-state index in [1.807, 2.05) is 6.92 Å². The van der Waals surface area contributed by atoms with Gasteiger partial charge in [-0.15, -0.1) is 0 Å². The molecule has 0 saturated carbocycles. The van der Waals surface area contributed by atoms with Crippen molar-refractivity contribution in [3.05, 3.63) is 0 Å². The molecule has 2 aliphatic heterocycles. The fraction of sp³-hybridized carbons (Fsp3) is 0.722. The van der Waals surface area contributed by atoms with Crippen LogP contribution in [0.2, 0.25) is 0 Å². The van der Waals surface area contributed by atoms with Gasteiger partial charge < -0.3 is 35.0 Å². The summed E-state index contributed by atoms with van der Waals surface area (Å²) in [7, 11) is 0. The highest BCUT2D eigenvalue weighted by Crippen LogP contribution is 2.24. The Morgan fingerprint density at radius 1 is 1.24 bits per heavy atom. The monoisotopic (exact) mass is 415 g/mol. The van der Waals surface area contributed by atoms with Crippen molar-refractivity contribution in [2.24, 2.45) is 0 Å². The zero-order valence-corrected chi connectivity index (χ0v) is 15.8. The summed E-state index contributed by atoms with van der Waals surface area (Å²) in [5.41, 5.74) is 0. The Morgan fingerprint density at radius 2 is 1.93 bits per heavy atom. The number of likely N-dealkylation sites (tertiary alicyclic amines) is 1. The van der Waals surface area contributed by atoms with Gasteiger partial charge in [-0.05, 0) is 19.3 Å². The molecule has 0 spiro atoms. The summed E-state index contributed by atoms with van der Waals surface area (Å²) in [5.74, 6) is 3.36. The minimum absolute atomic E-state index is 0.123. The van der Waals surface area contributed by atoms with Gasteiger partial charge >= 0.3 is 12.1 Å². The van der Waals surface area contributed by atoms with Gasteiger partial charge in [-0.2, -0.15) is 0 Å². The van der Waals surface area contributed by atoms with Gasteiger partial charge in [-0.1, -0.05) is 25.2 Å². The SMILES string of the molecule is CCCC(C#CC1CCCC(=O)N1C(=O)O)OC1O[C@H](C(=O)O)[C@@H](O)[C@H](O)[C@H]1O. The number of carbonyl (C=O) groups is 3. The van der Waals surface area contributed by atoms with E-state index in [1.54, 1.807) is 0 Å². The first-order valence-corrected chi connectivity index (χ1v) is 9.31. The summed E-state index contributed by atoms with van der Waals surface area (Å²) in [4.78, 5) is 35.0. The lowest BCUT2D eigenvalue weighted by atomic mass is 9.99. The predicted molar refractivity (Wildman–Crippen MR) is 94.4 cm³/mol. The summed E-state index contributed by atoms with van der Waals surface area (Å²) >= 11 is 0. The number of imide groups is 1. The highest BCUT2D eigenvalue weighted by molar-refractivity contribution is 5.92. The molecule has 2 amide bonds. The van der Waals surface area contributed by atoms with Crippen LogP contribution in [0.15, 0.2) is 0 Å². The van der Waals surface area contributed by atoms with E-state index in [-0.39, 0.29) is 6.42 Å². The number of aliphatic hydroxyl groups is 3. The Labute approximate surface area is 166 Å². The number of piperidine rings is 1. The molecule has 162 valence electrons. The van der Waals surface area contributed by atoms with Crippen molar-refractivity contribution in [1.82, 2.24) is 4.90 Å². The molecule has 11 nitrogen and oxygen atoms in total. The molecule has 11 heteroatoms. The molecule has 3 unspecified atom stereocenters. The maximum absolute atomic E-state index is 11.8. The molecule has 5 N–H and O–H groups in total. The van der Waals surface area contributed by atoms with Crippen LogP contribution in [0.5, 0.6) is 0 Å². The number of hydrogen-bond acceptors (Lipinski definition) is 8. The summed E-state index contributed by atoms with van der Waals surface area (Å²) in [5, 5.41) is 48.0. The normalized spacial score (nSPS) is 33.5. The minimum atomic E-state index is -1.84. The lowest BCUT2D eigenvalue weighted by Gasteiger charge is -2.39. The molecule has 0 radical (unpaired) electrons. The van der Waals surface area contributed by atoms with Crippen LogP contribution >= 0.6 is 0 Å². The summed E-state index contributed by atoms with van der Waals surface area (Å²) < 4.78 is 10.6. The number of carboxylic acids is 1. The van der Waals surface area contributed by atoms with Gasteiger partial charge in [0.15, 0.2) is 12.4 Å². The second kappa shape index (κ2) is 10.00. The zero-order chi connectivity index (χ0) is 21.7. The van der Waals surface area contributed by atoms with Crippen molar-refractivity contribution in [2.75, 3.05) is 0 Å². The molecule has 7 atom stereocenters. The first-order chi connectivity index (χ1) is 13.7. The van der Waals surface area contributed by atoms with E-state index in [9.17, 15) is 34.8 Å². The average Bonchev–Trinajstić information content (AvgIpc) is 2.65. The Hall–Kier alpha value is -2.23. The number of ether oxygens (including phenoxy) is 2. The molecule has 29 heavy (non-hydrogen) atoms. The van der Waals surface area contributed by atoms with E-state index in [4.69, 9.17) is 14.6 Å². The van der Waals surface area contributed by atoms with E-state index in [0.29, 0.717) is 30.6 Å². The van der Waals surface area contributed by atoms with Crippen LogP contribution in [-0.4, -0.2) is 91.3 Å². The van der Waals surface area contributed by atoms with Crippen molar-refractivity contribution >= 4 is 18.0 Å². The molecule has 0 aromatic heterocycles. The average molecular weight is 415 g/mol. The molecule has 2 fully saturated rings. The lowest BCUT2D eigenvalue weighted by molar-refractivity contribution is -0.300. The molecule has 0 aromatic rings. The Balaban J connectivity index is 2.16. The maximum atomic E-state index is 11.8. The maximum Gasteiger partial charge on any atom is 0.415 e. The number of nitrogens with zero attached hydrogens (tertiary/aromatic N) is 1. The van der Waals surface area contributed by atoms with Crippen LogP contribution in [0.25, 0.3) is 0 Å². The summed E-state index contributed by atoms with van der Waals surface area (Å²) in [6.07, 6.45) is -9.08. The highest BCUT2D eigenvalue weighted by atomic mass is 16.7. The standard InChI is InChI=1S/C18H25NO10/c1-2-4-10(8-7-9-5-3-6-11(20)19(9)18(26)27)28-17-14(23)12(21)13(22)15(29-17)16(24)25/h9-10,12-15,17,21-23H,2-6H2,1H3,(H,24,25)(H,26,27)/t9?,10?,12-,13-,14+,15-,17?/m0/s1. The van der Waals surface area contributed by atoms with Gasteiger partial charge in [0.1, 0.15) is 30.5 Å². The van der Waals surface area contributed by atoms with E-state index in [2.05, 4.69) is 11.8 Å². The largest absolute Gasteiger partial charge is 0.479 e. The fourth-order valence-corrected chi connectivity index (χ4v) is 3.20. The Morgan fingerprint density at radius 3 is 2.52 bits per heavy atom. The second-order valence-corrected chi connectivity index (χ2v) is 6.89. The molecular weight excluding hydrogens is 390 g/mol. The van der Waals surface area contributed by atoms with Gasteiger partial charge in [0.05, 0.1) is 0 Å². The summed E-state index contributed by atoms with van der Waals surface area (Å²) in [6.45, 7) is 1.82. The minimum Gasteiger partial charge on any atom is -0.479 e. The van der Waals surface area contributed by atoms with Crippen molar-refractivity contribution in [1.29, 1.82) is 0 Å². The fourth-order valence-electron chi connectivity index (χ4n) is 3.20. The topological polar surface area (TPSA) is 174 Å². The summed E-state index contributed by atoms with van der Waals surface area (Å²) in [6, 6.07) is -0.840. The molecular formula is C18H25NO10. The predicted octanol–water partition coefficient (Wildman–Crippen LogP) is -0.874. The number of rotatable bonds is 5. The smallest absolute Gasteiger partial charge is 0.415 e. The molecule has 2 saturated heterocycles. The third-order valence-corrected chi connectivity index (χ3v) is 4.73. The van der Waals surface area contributed by atoms with Gasteiger partial charge in [0.2, 0.25) is 5.91 Å². The zero-order valence-electron chi connectivity index (χ0n) is 15.8. The van der Waals surface area contributed by atoms with Crippen molar-refractivity contribution in [3.8, 4) is 11.8 Å². The lowest BCUT2D eigenvalue weighted by Crippen LogP contribution is -2.60. The van der Waals surface area contributed by atoms with E-state index >= 15 is 0 Å². The Kier molecular flexibility index (Phi) is 7.95. The van der Waals surface area contributed by atoms with E-state index < -0.39 is 60.8 Å². The number of carboxylic acid groups (broad SMARTS) is 2. The van der Waals surface area contributed by atoms with Crippen molar-refractivity contribution < 1.29 is 49.4 Å². The number of aliphatic hydroxyl groups excluding tert-OH is 3. The second-order valence-electron chi connectivity index (χ2n) is 6.89. The molecule has 0 aliphatic carbocycles. The van der Waals surface area contributed by atoms with Gasteiger partial charge in [0, 0.05) is 6.42 Å². The first kappa shape index (κ1) is 23.1. The van der Waals surface area contributed by atoms with E-state index in [0.717, 1.165) is 0 Å². The molecule has 2 rings (SSSR count). The quantitative estimate of drug-likeness (QED) is 0.355. The molecule has 0 aromatic carbocycles. The first-order valence-electron chi connectivity index (χ1n) is 9.31.